The zero-order chi connectivity index (χ0) is 21.9. The molecule has 28 heavy (non-hydrogen) atoms. The van der Waals surface area contributed by atoms with Crippen LogP contribution < -0.4 is 27.4 Å². The molecule has 0 radical (unpaired) electrons. The molecule has 0 aliphatic rings. The summed E-state index contributed by atoms with van der Waals surface area (Å²) in [5, 5.41) is 16.9. The second-order valence-electron chi connectivity index (χ2n) is 7.72. The summed E-state index contributed by atoms with van der Waals surface area (Å²) in [5.41, 5.74) is 9.32. The summed E-state index contributed by atoms with van der Waals surface area (Å²) in [6, 6.07) is -1.92. The third-order valence-electron chi connectivity index (χ3n) is 4.10. The van der Waals surface area contributed by atoms with E-state index in [4.69, 9.17) is 11.5 Å². The summed E-state index contributed by atoms with van der Waals surface area (Å²) >= 11 is 0. The lowest BCUT2D eigenvalue weighted by Gasteiger charge is -2.30. The van der Waals surface area contributed by atoms with Gasteiger partial charge in [0.05, 0.1) is 6.54 Å². The zero-order valence-corrected chi connectivity index (χ0v) is 17.2. The molecule has 0 aromatic rings. The molecule has 10 heteroatoms. The van der Waals surface area contributed by atoms with Gasteiger partial charge in [-0.1, -0.05) is 13.8 Å². The van der Waals surface area contributed by atoms with E-state index in [1.54, 1.807) is 0 Å². The van der Waals surface area contributed by atoms with E-state index >= 15 is 0 Å². The molecule has 0 rings (SSSR count). The van der Waals surface area contributed by atoms with Gasteiger partial charge < -0.3 is 32.5 Å². The van der Waals surface area contributed by atoms with Crippen LogP contribution in [0.5, 0.6) is 0 Å². The number of unbranched alkanes of at least 4 members (excludes halogenated alkanes) is 1. The largest absolute Gasteiger partial charge is 0.480 e. The van der Waals surface area contributed by atoms with Crippen LogP contribution in [0.25, 0.3) is 0 Å². The first kappa shape index (κ1) is 25.8. The standard InChI is InChI=1S/C18H35N5O5/c1-11(2)9-13(21-14(24)10-20)15(25)23-18(3,4)17(28)22-12(16(26)27)7-5-6-8-19/h11-13H,5-10,19-20H2,1-4H3,(H,21,24)(H,22,28)(H,23,25)(H,26,27)/t12-,13-/m0/s1. The summed E-state index contributed by atoms with van der Waals surface area (Å²) in [6.45, 7) is 6.91. The van der Waals surface area contributed by atoms with Gasteiger partial charge in [-0.05, 0) is 52.0 Å². The molecule has 0 aliphatic carbocycles. The average molecular weight is 402 g/mol. The number of hydrogen-bond donors (Lipinski definition) is 6. The molecule has 0 heterocycles. The number of carboxylic acid groups (broad SMARTS) is 1. The molecule has 0 spiro atoms. The van der Waals surface area contributed by atoms with Crippen LogP contribution in [0.1, 0.15) is 53.4 Å². The van der Waals surface area contributed by atoms with Crippen LogP contribution in [0, 0.1) is 5.92 Å². The van der Waals surface area contributed by atoms with Crippen molar-refractivity contribution in [3.63, 3.8) is 0 Å². The molecular formula is C18H35N5O5. The topological polar surface area (TPSA) is 177 Å². The van der Waals surface area contributed by atoms with Crippen molar-refractivity contribution in [2.45, 2.75) is 71.0 Å². The van der Waals surface area contributed by atoms with Gasteiger partial charge in [0.15, 0.2) is 0 Å². The lowest BCUT2D eigenvalue weighted by Crippen LogP contribution is -2.61. The normalized spacial score (nSPS) is 13.5. The number of amides is 3. The Bertz CT molecular complexity index is 550. The number of carbonyl (C=O) groups is 4. The van der Waals surface area contributed by atoms with Gasteiger partial charge in [0, 0.05) is 0 Å². The van der Waals surface area contributed by atoms with Crippen molar-refractivity contribution >= 4 is 23.7 Å². The Labute approximate surface area is 166 Å². The molecule has 0 fully saturated rings. The highest BCUT2D eigenvalue weighted by atomic mass is 16.4. The van der Waals surface area contributed by atoms with Crippen molar-refractivity contribution < 1.29 is 24.3 Å². The van der Waals surface area contributed by atoms with E-state index in [-0.39, 0.29) is 18.9 Å². The van der Waals surface area contributed by atoms with E-state index in [0.717, 1.165) is 0 Å². The molecular weight excluding hydrogens is 366 g/mol. The predicted molar refractivity (Wildman–Crippen MR) is 105 cm³/mol. The lowest BCUT2D eigenvalue weighted by atomic mass is 9.99. The summed E-state index contributed by atoms with van der Waals surface area (Å²) in [4.78, 5) is 48.1. The van der Waals surface area contributed by atoms with Gasteiger partial charge in [0.25, 0.3) is 0 Å². The molecule has 0 saturated heterocycles. The van der Waals surface area contributed by atoms with Crippen LogP contribution >= 0.6 is 0 Å². The molecule has 0 saturated carbocycles. The Balaban J connectivity index is 5.07. The van der Waals surface area contributed by atoms with Crippen LogP contribution in [-0.2, 0) is 19.2 Å². The monoisotopic (exact) mass is 401 g/mol. The maximum atomic E-state index is 12.6. The Morgan fingerprint density at radius 1 is 1.00 bits per heavy atom. The van der Waals surface area contributed by atoms with Crippen LogP contribution in [0.2, 0.25) is 0 Å². The second-order valence-corrected chi connectivity index (χ2v) is 7.72. The highest BCUT2D eigenvalue weighted by molar-refractivity contribution is 5.95. The van der Waals surface area contributed by atoms with Gasteiger partial charge in [-0.3, -0.25) is 14.4 Å². The van der Waals surface area contributed by atoms with Crippen molar-refractivity contribution in [2.75, 3.05) is 13.1 Å². The molecule has 0 aliphatic heterocycles. The molecule has 0 aromatic carbocycles. The summed E-state index contributed by atoms with van der Waals surface area (Å²) in [7, 11) is 0. The fourth-order valence-electron chi connectivity index (χ4n) is 2.50. The second kappa shape index (κ2) is 12.3. The third kappa shape index (κ3) is 9.65. The first-order valence-electron chi connectivity index (χ1n) is 9.49. The molecule has 162 valence electrons. The number of rotatable bonds is 13. The smallest absolute Gasteiger partial charge is 0.326 e. The fourth-order valence-corrected chi connectivity index (χ4v) is 2.50. The SMILES string of the molecule is CC(C)C[C@H](NC(=O)CN)C(=O)NC(C)(C)C(=O)N[C@@H](CCCCN)C(=O)O. The number of carboxylic acids is 1. The van der Waals surface area contributed by atoms with E-state index in [1.807, 2.05) is 13.8 Å². The first-order valence-corrected chi connectivity index (χ1v) is 9.49. The minimum Gasteiger partial charge on any atom is -0.480 e. The van der Waals surface area contributed by atoms with Crippen LogP contribution in [0.15, 0.2) is 0 Å². The van der Waals surface area contributed by atoms with E-state index in [2.05, 4.69) is 16.0 Å². The Kier molecular flexibility index (Phi) is 11.3. The van der Waals surface area contributed by atoms with Crippen molar-refractivity contribution in [2.24, 2.45) is 17.4 Å². The van der Waals surface area contributed by atoms with Gasteiger partial charge in [-0.25, -0.2) is 4.79 Å². The van der Waals surface area contributed by atoms with Crippen molar-refractivity contribution in [3.05, 3.63) is 0 Å². The minimum absolute atomic E-state index is 0.115. The Morgan fingerprint density at radius 3 is 2.07 bits per heavy atom. The maximum absolute atomic E-state index is 12.6. The molecule has 8 N–H and O–H groups in total. The number of nitrogens with two attached hydrogens (primary N) is 2. The van der Waals surface area contributed by atoms with E-state index in [1.165, 1.54) is 13.8 Å². The Morgan fingerprint density at radius 2 is 1.61 bits per heavy atom. The van der Waals surface area contributed by atoms with E-state index in [0.29, 0.717) is 25.8 Å². The molecule has 2 atom stereocenters. The molecule has 0 bridgehead atoms. The third-order valence-corrected chi connectivity index (χ3v) is 4.10. The van der Waals surface area contributed by atoms with Gasteiger partial charge in [-0.2, -0.15) is 0 Å². The highest BCUT2D eigenvalue weighted by Crippen LogP contribution is 2.10. The quantitative estimate of drug-likeness (QED) is 0.216. The van der Waals surface area contributed by atoms with Crippen molar-refractivity contribution in [1.82, 2.24) is 16.0 Å². The minimum atomic E-state index is -1.37. The fraction of sp³-hybridized carbons (Fsp3) is 0.778. The molecule has 0 aromatic heterocycles. The molecule has 10 nitrogen and oxygen atoms in total. The number of aliphatic carboxylic acids is 1. The van der Waals surface area contributed by atoms with Crippen molar-refractivity contribution in [3.8, 4) is 0 Å². The van der Waals surface area contributed by atoms with E-state index < -0.39 is 41.3 Å². The lowest BCUT2D eigenvalue weighted by molar-refractivity contribution is -0.143. The number of hydrogen-bond acceptors (Lipinski definition) is 6. The summed E-state index contributed by atoms with van der Waals surface area (Å²) in [6.07, 6.45) is 1.82. The first-order chi connectivity index (χ1) is 12.9. The molecule has 0 unspecified atom stereocenters. The summed E-state index contributed by atoms with van der Waals surface area (Å²) < 4.78 is 0. The highest BCUT2D eigenvalue weighted by Gasteiger charge is 2.35. The van der Waals surface area contributed by atoms with Gasteiger partial charge >= 0.3 is 5.97 Å². The average Bonchev–Trinajstić information content (AvgIpc) is 2.59. The zero-order valence-electron chi connectivity index (χ0n) is 17.2. The van der Waals surface area contributed by atoms with Gasteiger partial charge in [0.2, 0.25) is 17.7 Å². The van der Waals surface area contributed by atoms with Crippen LogP contribution in [0.3, 0.4) is 0 Å². The predicted octanol–water partition coefficient (Wildman–Crippen LogP) is -0.931. The van der Waals surface area contributed by atoms with Gasteiger partial charge in [-0.15, -0.1) is 0 Å². The van der Waals surface area contributed by atoms with E-state index in [9.17, 15) is 24.3 Å². The summed E-state index contributed by atoms with van der Waals surface area (Å²) in [5.74, 6) is -2.68. The van der Waals surface area contributed by atoms with Crippen molar-refractivity contribution in [1.29, 1.82) is 0 Å². The Hall–Kier alpha value is -2.20. The number of carbonyl (C=O) groups excluding carboxylic acids is 3. The number of nitrogens with one attached hydrogen (secondary N) is 3. The van der Waals surface area contributed by atoms with Crippen LogP contribution in [0.4, 0.5) is 0 Å². The maximum Gasteiger partial charge on any atom is 0.326 e. The molecule has 3 amide bonds. The van der Waals surface area contributed by atoms with Crippen LogP contribution in [-0.4, -0.2) is 59.5 Å². The van der Waals surface area contributed by atoms with Gasteiger partial charge in [0.1, 0.15) is 17.6 Å².